The molecule has 0 radical (unpaired) electrons. The van der Waals surface area contributed by atoms with Crippen molar-refractivity contribution in [1.29, 1.82) is 0 Å². The quantitative estimate of drug-likeness (QED) is 0.684. The van der Waals surface area contributed by atoms with Crippen LogP contribution in [0, 0.1) is 0 Å². The van der Waals surface area contributed by atoms with Crippen LogP contribution in [0.15, 0.2) is 0 Å². The van der Waals surface area contributed by atoms with Crippen molar-refractivity contribution in [2.24, 2.45) is 5.73 Å². The normalized spacial score (nSPS) is 25.4. The van der Waals surface area contributed by atoms with Gasteiger partial charge in [0.2, 0.25) is 0 Å². The molecule has 0 spiro atoms. The zero-order chi connectivity index (χ0) is 12.9. The third kappa shape index (κ3) is 4.92. The first-order valence-electron chi connectivity index (χ1n) is 6.83. The van der Waals surface area contributed by atoms with Gasteiger partial charge < -0.3 is 15.7 Å². The molecule has 0 aromatic heterocycles. The summed E-state index contributed by atoms with van der Waals surface area (Å²) in [6.45, 7) is 8.80. The van der Waals surface area contributed by atoms with E-state index >= 15 is 0 Å². The van der Waals surface area contributed by atoms with Crippen molar-refractivity contribution in [3.05, 3.63) is 0 Å². The first-order chi connectivity index (χ1) is 7.98. The first-order valence-corrected chi connectivity index (χ1v) is 6.83. The molecule has 0 saturated carbocycles. The summed E-state index contributed by atoms with van der Waals surface area (Å²) in [7, 11) is 2.14. The van der Waals surface area contributed by atoms with E-state index < -0.39 is 5.60 Å². The molecule has 1 fully saturated rings. The van der Waals surface area contributed by atoms with Crippen molar-refractivity contribution in [1.82, 2.24) is 9.80 Å². The third-order valence-electron chi connectivity index (χ3n) is 3.90. The molecule has 0 aromatic rings. The van der Waals surface area contributed by atoms with Crippen LogP contribution < -0.4 is 5.73 Å². The molecule has 0 amide bonds. The number of likely N-dealkylation sites (tertiary alicyclic amines) is 1. The van der Waals surface area contributed by atoms with E-state index in [4.69, 9.17) is 5.73 Å². The summed E-state index contributed by atoms with van der Waals surface area (Å²) in [6.07, 6.45) is 3.39. The second kappa shape index (κ2) is 6.69. The average molecular weight is 243 g/mol. The fourth-order valence-electron chi connectivity index (χ4n) is 2.50. The Labute approximate surface area is 106 Å². The Balaban J connectivity index is 2.27. The van der Waals surface area contributed by atoms with Gasteiger partial charge in [-0.25, -0.2) is 0 Å². The second-order valence-electron chi connectivity index (χ2n) is 5.64. The number of hydrogen-bond donors (Lipinski definition) is 2. The average Bonchev–Trinajstić information content (AvgIpc) is 2.74. The van der Waals surface area contributed by atoms with Crippen LogP contribution in [0.4, 0.5) is 0 Å². The summed E-state index contributed by atoms with van der Waals surface area (Å²) in [5, 5.41) is 9.87. The third-order valence-corrected chi connectivity index (χ3v) is 3.90. The highest BCUT2D eigenvalue weighted by Crippen LogP contribution is 2.17. The lowest BCUT2D eigenvalue weighted by molar-refractivity contribution is 0.0480. The van der Waals surface area contributed by atoms with Crippen LogP contribution in [0.2, 0.25) is 0 Å². The number of nitrogens with two attached hydrogens (primary N) is 1. The minimum absolute atomic E-state index is 0.339. The molecule has 2 unspecified atom stereocenters. The van der Waals surface area contributed by atoms with E-state index in [1.807, 2.05) is 6.92 Å². The lowest BCUT2D eigenvalue weighted by atomic mass is 10.0. The van der Waals surface area contributed by atoms with Gasteiger partial charge in [0, 0.05) is 25.7 Å². The van der Waals surface area contributed by atoms with Crippen molar-refractivity contribution in [3.8, 4) is 0 Å². The molecule has 1 heterocycles. The van der Waals surface area contributed by atoms with Crippen molar-refractivity contribution in [2.45, 2.75) is 44.8 Å². The molecule has 3 N–H and O–H groups in total. The fourth-order valence-corrected chi connectivity index (χ4v) is 2.50. The highest BCUT2D eigenvalue weighted by molar-refractivity contribution is 4.81. The van der Waals surface area contributed by atoms with E-state index in [1.165, 1.54) is 19.4 Å². The molecular weight excluding hydrogens is 214 g/mol. The monoisotopic (exact) mass is 243 g/mol. The molecule has 17 heavy (non-hydrogen) atoms. The topological polar surface area (TPSA) is 52.7 Å². The molecule has 1 aliphatic heterocycles. The molecule has 2 atom stereocenters. The maximum absolute atomic E-state index is 9.87. The Bertz CT molecular complexity index is 221. The van der Waals surface area contributed by atoms with Gasteiger partial charge in [-0.3, -0.25) is 4.90 Å². The Morgan fingerprint density at radius 2 is 2.24 bits per heavy atom. The molecule has 1 rings (SSSR count). The number of nitrogens with zero attached hydrogens (tertiary/aromatic N) is 2. The van der Waals surface area contributed by atoms with Gasteiger partial charge in [0.05, 0.1) is 5.60 Å². The summed E-state index contributed by atoms with van der Waals surface area (Å²) in [4.78, 5) is 4.88. The molecule has 102 valence electrons. The predicted octanol–water partition coefficient (Wildman–Crippen LogP) is 0.502. The standard InChI is InChI=1S/C13H29N3O/c1-4-16-8-5-6-12(16)10-15(3)9-7-13(2,17)11-14/h12,17H,4-11,14H2,1-3H3. The SMILES string of the molecule is CCN1CCCC1CN(C)CCC(C)(O)CN. The summed E-state index contributed by atoms with van der Waals surface area (Å²) in [5.74, 6) is 0. The van der Waals surface area contributed by atoms with Crippen molar-refractivity contribution in [3.63, 3.8) is 0 Å². The van der Waals surface area contributed by atoms with E-state index in [9.17, 15) is 5.11 Å². The lowest BCUT2D eigenvalue weighted by Crippen LogP contribution is -2.42. The van der Waals surface area contributed by atoms with Gasteiger partial charge in [-0.1, -0.05) is 6.92 Å². The number of hydrogen-bond acceptors (Lipinski definition) is 4. The van der Waals surface area contributed by atoms with Gasteiger partial charge in [0.1, 0.15) is 0 Å². The molecule has 0 aromatic carbocycles. The molecule has 4 nitrogen and oxygen atoms in total. The number of aliphatic hydroxyl groups is 1. The van der Waals surface area contributed by atoms with Crippen molar-refractivity contribution in [2.75, 3.05) is 39.8 Å². The van der Waals surface area contributed by atoms with Crippen LogP contribution in [0.25, 0.3) is 0 Å². The van der Waals surface area contributed by atoms with Gasteiger partial charge >= 0.3 is 0 Å². The zero-order valence-electron chi connectivity index (χ0n) is 11.7. The van der Waals surface area contributed by atoms with E-state index in [0.29, 0.717) is 12.6 Å². The highest BCUT2D eigenvalue weighted by Gasteiger charge is 2.25. The van der Waals surface area contributed by atoms with Crippen LogP contribution in [-0.4, -0.2) is 66.3 Å². The van der Waals surface area contributed by atoms with Crippen molar-refractivity contribution < 1.29 is 5.11 Å². The Morgan fingerprint density at radius 3 is 2.82 bits per heavy atom. The Hall–Kier alpha value is -0.160. The van der Waals surface area contributed by atoms with Crippen LogP contribution in [-0.2, 0) is 0 Å². The minimum atomic E-state index is -0.714. The molecular formula is C13H29N3O. The van der Waals surface area contributed by atoms with E-state index in [1.54, 1.807) is 0 Å². The second-order valence-corrected chi connectivity index (χ2v) is 5.64. The molecule has 1 saturated heterocycles. The van der Waals surface area contributed by atoms with Gasteiger partial charge in [-0.05, 0) is 46.3 Å². The van der Waals surface area contributed by atoms with Crippen LogP contribution in [0.5, 0.6) is 0 Å². The van der Waals surface area contributed by atoms with Gasteiger partial charge in [-0.2, -0.15) is 0 Å². The molecule has 0 aliphatic carbocycles. The molecule has 1 aliphatic rings. The van der Waals surface area contributed by atoms with Crippen molar-refractivity contribution >= 4 is 0 Å². The summed E-state index contributed by atoms with van der Waals surface area (Å²) in [6, 6.07) is 0.702. The van der Waals surface area contributed by atoms with E-state index in [2.05, 4.69) is 23.8 Å². The summed E-state index contributed by atoms with van der Waals surface area (Å²) in [5.41, 5.74) is 4.81. The van der Waals surface area contributed by atoms with Crippen LogP contribution >= 0.6 is 0 Å². The van der Waals surface area contributed by atoms with Crippen LogP contribution in [0.3, 0.4) is 0 Å². The molecule has 0 bridgehead atoms. The fraction of sp³-hybridized carbons (Fsp3) is 1.00. The zero-order valence-corrected chi connectivity index (χ0v) is 11.7. The maximum Gasteiger partial charge on any atom is 0.0753 e. The van der Waals surface area contributed by atoms with Gasteiger partial charge in [0.25, 0.3) is 0 Å². The highest BCUT2D eigenvalue weighted by atomic mass is 16.3. The van der Waals surface area contributed by atoms with Gasteiger partial charge in [0.15, 0.2) is 0 Å². The first kappa shape index (κ1) is 14.9. The molecule has 4 heteroatoms. The number of likely N-dealkylation sites (N-methyl/N-ethyl adjacent to an activating group) is 2. The lowest BCUT2D eigenvalue weighted by Gasteiger charge is -2.30. The minimum Gasteiger partial charge on any atom is -0.389 e. The number of rotatable bonds is 7. The maximum atomic E-state index is 9.87. The smallest absolute Gasteiger partial charge is 0.0753 e. The largest absolute Gasteiger partial charge is 0.389 e. The van der Waals surface area contributed by atoms with E-state index in [0.717, 1.165) is 26.1 Å². The van der Waals surface area contributed by atoms with E-state index in [-0.39, 0.29) is 0 Å². The Kier molecular flexibility index (Phi) is 5.86. The summed E-state index contributed by atoms with van der Waals surface area (Å²) < 4.78 is 0. The Morgan fingerprint density at radius 1 is 1.53 bits per heavy atom. The predicted molar refractivity (Wildman–Crippen MR) is 72.1 cm³/mol. The van der Waals surface area contributed by atoms with Gasteiger partial charge in [-0.15, -0.1) is 0 Å². The summed E-state index contributed by atoms with van der Waals surface area (Å²) >= 11 is 0. The van der Waals surface area contributed by atoms with Crippen LogP contribution in [0.1, 0.15) is 33.1 Å².